The average molecular weight is 282 g/mol. The molecular formula is C16H14N2O3. The molecule has 2 aromatic heterocycles. The lowest BCUT2D eigenvalue weighted by atomic mass is 10.1. The molecule has 3 aromatic rings. The van der Waals surface area contributed by atoms with Crippen molar-refractivity contribution >= 4 is 11.6 Å². The van der Waals surface area contributed by atoms with Crippen molar-refractivity contribution in [2.45, 2.75) is 13.8 Å². The number of hydrogen-bond acceptors (Lipinski definition) is 4. The van der Waals surface area contributed by atoms with Gasteiger partial charge in [-0.15, -0.1) is 0 Å². The van der Waals surface area contributed by atoms with E-state index in [1.807, 2.05) is 32.0 Å². The Kier molecular flexibility index (Phi) is 3.31. The van der Waals surface area contributed by atoms with Gasteiger partial charge in [0.2, 0.25) is 5.76 Å². The van der Waals surface area contributed by atoms with E-state index in [2.05, 4.69) is 10.3 Å². The van der Waals surface area contributed by atoms with Gasteiger partial charge in [-0.2, -0.15) is 0 Å². The third-order valence-electron chi connectivity index (χ3n) is 3.17. The Labute approximate surface area is 121 Å². The zero-order valence-corrected chi connectivity index (χ0v) is 11.7. The number of benzene rings is 1. The van der Waals surface area contributed by atoms with Gasteiger partial charge < -0.3 is 14.2 Å². The van der Waals surface area contributed by atoms with Crippen molar-refractivity contribution in [2.75, 3.05) is 5.32 Å². The van der Waals surface area contributed by atoms with Gasteiger partial charge in [0.1, 0.15) is 0 Å². The summed E-state index contributed by atoms with van der Waals surface area (Å²) in [7, 11) is 0. The smallest absolute Gasteiger partial charge is 0.278 e. The number of furan rings is 1. The summed E-state index contributed by atoms with van der Waals surface area (Å²) in [6.07, 6.45) is 2.75. The zero-order valence-electron chi connectivity index (χ0n) is 11.7. The number of oxazole rings is 1. The van der Waals surface area contributed by atoms with Crippen molar-refractivity contribution in [1.29, 1.82) is 0 Å². The second-order valence-corrected chi connectivity index (χ2v) is 4.78. The van der Waals surface area contributed by atoms with Gasteiger partial charge >= 0.3 is 0 Å². The quantitative estimate of drug-likeness (QED) is 0.793. The Morgan fingerprint density at radius 1 is 1.19 bits per heavy atom. The van der Waals surface area contributed by atoms with Crippen molar-refractivity contribution in [3.05, 3.63) is 59.8 Å². The van der Waals surface area contributed by atoms with Gasteiger partial charge in [-0.3, -0.25) is 4.79 Å². The molecule has 0 atom stereocenters. The number of rotatable bonds is 3. The summed E-state index contributed by atoms with van der Waals surface area (Å²) in [5.74, 6) is 0.463. The second-order valence-electron chi connectivity index (χ2n) is 4.78. The first-order valence-corrected chi connectivity index (χ1v) is 6.51. The van der Waals surface area contributed by atoms with E-state index in [1.54, 1.807) is 12.1 Å². The van der Waals surface area contributed by atoms with Crippen LogP contribution in [0.25, 0.3) is 11.5 Å². The first-order chi connectivity index (χ1) is 10.1. The van der Waals surface area contributed by atoms with E-state index in [4.69, 9.17) is 8.83 Å². The number of aryl methyl sites for hydroxylation is 2. The van der Waals surface area contributed by atoms with E-state index in [0.717, 1.165) is 16.8 Å². The highest BCUT2D eigenvalue weighted by Gasteiger charge is 2.20. The third-order valence-corrected chi connectivity index (χ3v) is 3.17. The minimum atomic E-state index is -0.330. The van der Waals surface area contributed by atoms with Crippen LogP contribution in [0, 0.1) is 13.8 Å². The molecule has 0 aliphatic carbocycles. The highest BCUT2D eigenvalue weighted by molar-refractivity contribution is 6.06. The number of carbonyl (C=O) groups excluding carboxylic acids is 1. The summed E-state index contributed by atoms with van der Waals surface area (Å²) in [6, 6.07) is 9.32. The molecule has 0 aliphatic rings. The van der Waals surface area contributed by atoms with E-state index in [-0.39, 0.29) is 11.6 Å². The highest BCUT2D eigenvalue weighted by atomic mass is 16.4. The first-order valence-electron chi connectivity index (χ1n) is 6.51. The lowest BCUT2D eigenvalue weighted by Gasteiger charge is -2.08. The molecule has 1 amide bonds. The molecule has 0 bridgehead atoms. The fourth-order valence-electron chi connectivity index (χ4n) is 2.04. The SMILES string of the molecule is Cc1ccc(C)c(NC(=O)c2ncoc2-c2ccco2)c1. The van der Waals surface area contributed by atoms with Crippen LogP contribution in [0.2, 0.25) is 0 Å². The van der Waals surface area contributed by atoms with Crippen LogP contribution in [0.5, 0.6) is 0 Å². The van der Waals surface area contributed by atoms with Crippen LogP contribution in [0.4, 0.5) is 5.69 Å². The fraction of sp³-hybridized carbons (Fsp3) is 0.125. The van der Waals surface area contributed by atoms with E-state index in [9.17, 15) is 4.79 Å². The molecule has 0 saturated heterocycles. The molecule has 0 aliphatic heterocycles. The largest absolute Gasteiger partial charge is 0.461 e. The number of hydrogen-bond donors (Lipinski definition) is 1. The van der Waals surface area contributed by atoms with Gasteiger partial charge in [-0.25, -0.2) is 4.98 Å². The molecule has 0 unspecified atom stereocenters. The van der Waals surface area contributed by atoms with Crippen molar-refractivity contribution in [2.24, 2.45) is 0 Å². The van der Waals surface area contributed by atoms with E-state index in [0.29, 0.717) is 11.5 Å². The Hall–Kier alpha value is -2.82. The van der Waals surface area contributed by atoms with Gasteiger partial charge in [0.05, 0.1) is 6.26 Å². The molecule has 5 heteroatoms. The summed E-state index contributed by atoms with van der Waals surface area (Å²) >= 11 is 0. The van der Waals surface area contributed by atoms with Crippen LogP contribution in [-0.2, 0) is 0 Å². The number of nitrogens with one attached hydrogen (secondary N) is 1. The van der Waals surface area contributed by atoms with E-state index in [1.165, 1.54) is 12.7 Å². The molecule has 1 N–H and O–H groups in total. The summed E-state index contributed by atoms with van der Waals surface area (Å²) in [5, 5.41) is 2.85. The molecule has 2 heterocycles. The summed E-state index contributed by atoms with van der Waals surface area (Å²) in [4.78, 5) is 16.4. The molecule has 0 spiro atoms. The van der Waals surface area contributed by atoms with Crippen LogP contribution in [0.3, 0.4) is 0 Å². The van der Waals surface area contributed by atoms with Crippen molar-refractivity contribution in [3.63, 3.8) is 0 Å². The topological polar surface area (TPSA) is 68.3 Å². The maximum Gasteiger partial charge on any atom is 0.278 e. The number of aromatic nitrogens is 1. The molecule has 5 nitrogen and oxygen atoms in total. The molecule has 0 saturated carbocycles. The Balaban J connectivity index is 1.90. The predicted octanol–water partition coefficient (Wildman–Crippen LogP) is 3.80. The van der Waals surface area contributed by atoms with Crippen molar-refractivity contribution in [3.8, 4) is 11.5 Å². The van der Waals surface area contributed by atoms with Crippen molar-refractivity contribution < 1.29 is 13.6 Å². The Bertz CT molecular complexity index is 773. The standard InChI is InChI=1S/C16H14N2O3/c1-10-5-6-11(2)12(8-10)18-16(19)14-15(21-9-17-14)13-4-3-7-20-13/h3-9H,1-2H3,(H,18,19). The fourth-order valence-corrected chi connectivity index (χ4v) is 2.04. The van der Waals surface area contributed by atoms with E-state index < -0.39 is 0 Å². The number of carbonyl (C=O) groups is 1. The minimum Gasteiger partial charge on any atom is -0.461 e. The predicted molar refractivity (Wildman–Crippen MR) is 78.1 cm³/mol. The molecule has 21 heavy (non-hydrogen) atoms. The molecular weight excluding hydrogens is 268 g/mol. The summed E-state index contributed by atoms with van der Waals surface area (Å²) < 4.78 is 10.5. The third kappa shape index (κ3) is 2.58. The highest BCUT2D eigenvalue weighted by Crippen LogP contribution is 2.25. The van der Waals surface area contributed by atoms with Crippen LogP contribution in [0.15, 0.2) is 51.8 Å². The van der Waals surface area contributed by atoms with Crippen LogP contribution in [0.1, 0.15) is 21.6 Å². The average Bonchev–Trinajstić information content (AvgIpc) is 3.12. The van der Waals surface area contributed by atoms with Gasteiger partial charge in [0.25, 0.3) is 5.91 Å². The summed E-state index contributed by atoms with van der Waals surface area (Å²) in [6.45, 7) is 3.91. The van der Waals surface area contributed by atoms with Gasteiger partial charge in [0.15, 0.2) is 17.8 Å². The van der Waals surface area contributed by atoms with Crippen LogP contribution >= 0.6 is 0 Å². The maximum absolute atomic E-state index is 12.4. The van der Waals surface area contributed by atoms with Gasteiger partial charge in [-0.05, 0) is 43.2 Å². The zero-order chi connectivity index (χ0) is 14.8. The van der Waals surface area contributed by atoms with Crippen LogP contribution < -0.4 is 5.32 Å². The van der Waals surface area contributed by atoms with Crippen LogP contribution in [-0.4, -0.2) is 10.9 Å². The van der Waals surface area contributed by atoms with Gasteiger partial charge in [0, 0.05) is 5.69 Å². The number of amides is 1. The van der Waals surface area contributed by atoms with Gasteiger partial charge in [-0.1, -0.05) is 12.1 Å². The molecule has 1 aromatic carbocycles. The number of anilines is 1. The molecule has 0 radical (unpaired) electrons. The minimum absolute atomic E-state index is 0.200. The Morgan fingerprint density at radius 3 is 2.81 bits per heavy atom. The first kappa shape index (κ1) is 13.2. The monoisotopic (exact) mass is 282 g/mol. The maximum atomic E-state index is 12.4. The Morgan fingerprint density at radius 2 is 2.05 bits per heavy atom. The lowest BCUT2D eigenvalue weighted by Crippen LogP contribution is -2.14. The molecule has 106 valence electrons. The van der Waals surface area contributed by atoms with E-state index >= 15 is 0 Å². The lowest BCUT2D eigenvalue weighted by molar-refractivity contribution is 0.102. The van der Waals surface area contributed by atoms with Crippen molar-refractivity contribution in [1.82, 2.24) is 4.98 Å². The second kappa shape index (κ2) is 5.28. The summed E-state index contributed by atoms with van der Waals surface area (Å²) in [5.41, 5.74) is 3.01. The molecule has 3 rings (SSSR count). The normalized spacial score (nSPS) is 10.6. The molecule has 0 fully saturated rings. The number of nitrogens with zero attached hydrogens (tertiary/aromatic N) is 1.